The topological polar surface area (TPSA) is 23.5 Å². The van der Waals surface area contributed by atoms with Crippen LogP contribution in [0.15, 0.2) is 0 Å². The minimum absolute atomic E-state index is 0.276. The van der Waals surface area contributed by atoms with Crippen molar-refractivity contribution in [3.8, 4) is 0 Å². The van der Waals surface area contributed by atoms with Crippen LogP contribution in [0.5, 0.6) is 0 Å². The van der Waals surface area contributed by atoms with Gasteiger partial charge >= 0.3 is 0 Å². The SMILES string of the molecule is CC.CCC(C)N(CC)CCO. The van der Waals surface area contributed by atoms with E-state index in [1.165, 1.54) is 0 Å². The van der Waals surface area contributed by atoms with Gasteiger partial charge in [0.2, 0.25) is 0 Å². The van der Waals surface area contributed by atoms with Crippen molar-refractivity contribution < 1.29 is 5.11 Å². The van der Waals surface area contributed by atoms with Crippen LogP contribution in [0.1, 0.15) is 41.0 Å². The summed E-state index contributed by atoms with van der Waals surface area (Å²) in [5.41, 5.74) is 0. The molecule has 0 saturated carbocycles. The molecule has 1 unspecified atom stereocenters. The summed E-state index contributed by atoms with van der Waals surface area (Å²) in [6.45, 7) is 12.6. The Hall–Kier alpha value is -0.0800. The molecule has 76 valence electrons. The van der Waals surface area contributed by atoms with E-state index in [2.05, 4.69) is 25.7 Å². The maximum atomic E-state index is 8.67. The summed E-state index contributed by atoms with van der Waals surface area (Å²) < 4.78 is 0. The van der Waals surface area contributed by atoms with Gasteiger partial charge in [-0.15, -0.1) is 0 Å². The minimum Gasteiger partial charge on any atom is -0.395 e. The van der Waals surface area contributed by atoms with Crippen LogP contribution >= 0.6 is 0 Å². The highest BCUT2D eigenvalue weighted by atomic mass is 16.3. The molecular formula is C10H25NO. The molecular weight excluding hydrogens is 150 g/mol. The van der Waals surface area contributed by atoms with Gasteiger partial charge in [0.25, 0.3) is 0 Å². The highest BCUT2D eigenvalue weighted by molar-refractivity contribution is 4.62. The van der Waals surface area contributed by atoms with Crippen molar-refractivity contribution >= 4 is 0 Å². The predicted molar refractivity (Wildman–Crippen MR) is 55.4 cm³/mol. The molecule has 0 aliphatic rings. The van der Waals surface area contributed by atoms with Crippen molar-refractivity contribution in [1.82, 2.24) is 4.90 Å². The zero-order valence-corrected chi connectivity index (χ0v) is 9.30. The molecule has 0 fully saturated rings. The number of nitrogens with zero attached hydrogens (tertiary/aromatic N) is 1. The number of aliphatic hydroxyl groups excluding tert-OH is 1. The summed E-state index contributed by atoms with van der Waals surface area (Å²) >= 11 is 0. The van der Waals surface area contributed by atoms with Crippen molar-refractivity contribution in [1.29, 1.82) is 0 Å². The fourth-order valence-electron chi connectivity index (χ4n) is 1.08. The standard InChI is InChI=1S/C8H19NO.C2H6/c1-4-8(3)9(5-2)6-7-10;1-2/h8,10H,4-7H2,1-3H3;1-2H3. The average Bonchev–Trinajstić information content (AvgIpc) is 2.16. The van der Waals surface area contributed by atoms with E-state index >= 15 is 0 Å². The van der Waals surface area contributed by atoms with E-state index in [1.807, 2.05) is 13.8 Å². The summed E-state index contributed by atoms with van der Waals surface area (Å²) in [6, 6.07) is 0.608. The van der Waals surface area contributed by atoms with E-state index in [1.54, 1.807) is 0 Å². The molecule has 0 saturated heterocycles. The molecule has 0 radical (unpaired) electrons. The van der Waals surface area contributed by atoms with Crippen LogP contribution in [-0.4, -0.2) is 35.7 Å². The Morgan fingerprint density at radius 1 is 1.25 bits per heavy atom. The highest BCUT2D eigenvalue weighted by Gasteiger charge is 2.07. The maximum absolute atomic E-state index is 8.67. The Bertz CT molecular complexity index is 76.2. The molecule has 2 heteroatoms. The first kappa shape index (κ1) is 14.4. The van der Waals surface area contributed by atoms with Crippen molar-refractivity contribution in [3.05, 3.63) is 0 Å². The summed E-state index contributed by atoms with van der Waals surface area (Å²) in [4.78, 5) is 2.28. The fourth-order valence-corrected chi connectivity index (χ4v) is 1.08. The van der Waals surface area contributed by atoms with Crippen LogP contribution in [0.3, 0.4) is 0 Å². The average molecular weight is 175 g/mol. The second kappa shape index (κ2) is 10.9. The number of hydrogen-bond donors (Lipinski definition) is 1. The summed E-state index contributed by atoms with van der Waals surface area (Å²) in [5.74, 6) is 0. The lowest BCUT2D eigenvalue weighted by molar-refractivity contribution is 0.162. The number of aliphatic hydroxyl groups is 1. The first-order chi connectivity index (χ1) is 5.76. The predicted octanol–water partition coefficient (Wildman–Crippen LogP) is 2.13. The van der Waals surface area contributed by atoms with Crippen LogP contribution in [0, 0.1) is 0 Å². The molecule has 0 aromatic rings. The third-order valence-electron chi connectivity index (χ3n) is 2.01. The molecule has 0 amide bonds. The second-order valence-corrected chi connectivity index (χ2v) is 2.61. The summed E-state index contributed by atoms with van der Waals surface area (Å²) in [5, 5.41) is 8.67. The summed E-state index contributed by atoms with van der Waals surface area (Å²) in [7, 11) is 0. The van der Waals surface area contributed by atoms with Gasteiger partial charge < -0.3 is 5.11 Å². The Morgan fingerprint density at radius 3 is 2.00 bits per heavy atom. The molecule has 1 atom stereocenters. The van der Waals surface area contributed by atoms with Crippen molar-refractivity contribution in [3.63, 3.8) is 0 Å². The van der Waals surface area contributed by atoms with Gasteiger partial charge in [-0.25, -0.2) is 0 Å². The molecule has 0 bridgehead atoms. The minimum atomic E-state index is 0.276. The molecule has 0 heterocycles. The third-order valence-corrected chi connectivity index (χ3v) is 2.01. The van der Waals surface area contributed by atoms with Gasteiger partial charge in [-0.3, -0.25) is 4.90 Å². The van der Waals surface area contributed by atoms with Crippen LogP contribution < -0.4 is 0 Å². The number of likely N-dealkylation sites (N-methyl/N-ethyl adjacent to an activating group) is 1. The first-order valence-corrected chi connectivity index (χ1v) is 5.11. The lowest BCUT2D eigenvalue weighted by Crippen LogP contribution is -2.34. The Balaban J connectivity index is 0. The van der Waals surface area contributed by atoms with E-state index in [9.17, 15) is 0 Å². The maximum Gasteiger partial charge on any atom is 0.0558 e. The van der Waals surface area contributed by atoms with E-state index in [-0.39, 0.29) is 6.61 Å². The van der Waals surface area contributed by atoms with Crippen LogP contribution in [0.4, 0.5) is 0 Å². The van der Waals surface area contributed by atoms with Gasteiger partial charge in [0.1, 0.15) is 0 Å². The Labute approximate surface area is 77.6 Å². The third kappa shape index (κ3) is 6.62. The van der Waals surface area contributed by atoms with E-state index in [0.717, 1.165) is 19.5 Å². The molecule has 0 aromatic carbocycles. The Morgan fingerprint density at radius 2 is 1.75 bits per heavy atom. The van der Waals surface area contributed by atoms with Gasteiger partial charge in [0.15, 0.2) is 0 Å². The van der Waals surface area contributed by atoms with Gasteiger partial charge in [-0.1, -0.05) is 27.7 Å². The molecule has 1 N–H and O–H groups in total. The van der Waals surface area contributed by atoms with Gasteiger partial charge in [0, 0.05) is 12.6 Å². The van der Waals surface area contributed by atoms with E-state index < -0.39 is 0 Å². The molecule has 0 spiro atoms. The number of hydrogen-bond acceptors (Lipinski definition) is 2. The van der Waals surface area contributed by atoms with Crippen LogP contribution in [0.2, 0.25) is 0 Å². The normalized spacial score (nSPS) is 12.2. The van der Waals surface area contributed by atoms with Crippen molar-refractivity contribution in [2.24, 2.45) is 0 Å². The van der Waals surface area contributed by atoms with Gasteiger partial charge in [-0.05, 0) is 19.9 Å². The largest absolute Gasteiger partial charge is 0.395 e. The first-order valence-electron chi connectivity index (χ1n) is 5.11. The van der Waals surface area contributed by atoms with E-state index in [4.69, 9.17) is 5.11 Å². The zero-order chi connectivity index (χ0) is 9.98. The van der Waals surface area contributed by atoms with Crippen LogP contribution in [-0.2, 0) is 0 Å². The molecule has 2 nitrogen and oxygen atoms in total. The smallest absolute Gasteiger partial charge is 0.0558 e. The molecule has 0 aliphatic carbocycles. The quantitative estimate of drug-likeness (QED) is 0.692. The van der Waals surface area contributed by atoms with Crippen LogP contribution in [0.25, 0.3) is 0 Å². The lowest BCUT2D eigenvalue weighted by atomic mass is 10.2. The second-order valence-electron chi connectivity index (χ2n) is 2.61. The molecule has 12 heavy (non-hydrogen) atoms. The molecule has 0 aliphatic heterocycles. The Kier molecular flexibility index (Phi) is 13.1. The fraction of sp³-hybridized carbons (Fsp3) is 1.00. The lowest BCUT2D eigenvalue weighted by Gasteiger charge is -2.25. The van der Waals surface area contributed by atoms with Crippen molar-refractivity contribution in [2.75, 3.05) is 19.7 Å². The zero-order valence-electron chi connectivity index (χ0n) is 9.30. The monoisotopic (exact) mass is 175 g/mol. The number of rotatable bonds is 5. The summed E-state index contributed by atoms with van der Waals surface area (Å²) in [6.07, 6.45) is 1.16. The van der Waals surface area contributed by atoms with Gasteiger partial charge in [0.05, 0.1) is 6.61 Å². The van der Waals surface area contributed by atoms with E-state index in [0.29, 0.717) is 6.04 Å². The van der Waals surface area contributed by atoms with Gasteiger partial charge in [-0.2, -0.15) is 0 Å². The molecule has 0 rings (SSSR count). The van der Waals surface area contributed by atoms with Crippen molar-refractivity contribution in [2.45, 2.75) is 47.1 Å². The highest BCUT2D eigenvalue weighted by Crippen LogP contribution is 2.00. The molecule has 0 aromatic heterocycles.